The first-order valence-corrected chi connectivity index (χ1v) is 17.1. The molecule has 6 aromatic carbocycles. The highest BCUT2D eigenvalue weighted by Crippen LogP contribution is 2.41. The van der Waals surface area contributed by atoms with Crippen LogP contribution in [0.15, 0.2) is 158 Å². The maximum atomic E-state index is 11.2. The Morgan fingerprint density at radius 2 is 1.29 bits per heavy atom. The molecule has 4 nitrogen and oxygen atoms in total. The van der Waals surface area contributed by atoms with Crippen LogP contribution in [0.2, 0.25) is 0 Å². The summed E-state index contributed by atoms with van der Waals surface area (Å²) in [7, 11) is 0. The number of pyridine rings is 1. The molecule has 0 atom stereocenters. The maximum Gasteiger partial charge on any atom is 0.149 e. The Bertz CT molecular complexity index is 2640. The lowest BCUT2D eigenvalue weighted by Gasteiger charge is -2.22. The molecule has 0 bridgehead atoms. The van der Waals surface area contributed by atoms with Crippen molar-refractivity contribution in [1.29, 1.82) is 0 Å². The smallest absolute Gasteiger partial charge is 0.149 e. The number of imidazole rings is 1. The molecule has 1 N–H and O–H groups in total. The standard InChI is InChI=1S/C47H39N3O/c1-31-22-23-42(40(26-31)33-16-9-6-10-17-33)50-43-20-13-19-38(45(43)49-46(50)39-18-11-12-21-44(39)51)35-27-36(29-37(28-35)47(2,3)4)41-30-34(24-25-48-41)32-14-7-5-8-15-32/h5-30,51H,1-4H3/i1D3. The quantitative estimate of drug-likeness (QED) is 0.192. The maximum absolute atomic E-state index is 11.2. The Kier molecular flexibility index (Phi) is 7.22. The van der Waals surface area contributed by atoms with Gasteiger partial charge in [0, 0.05) is 27.0 Å². The third kappa shape index (κ3) is 6.10. The molecule has 8 rings (SSSR count). The normalized spacial score (nSPS) is 12.7. The molecular weight excluding hydrogens is 623 g/mol. The minimum atomic E-state index is -2.29. The van der Waals surface area contributed by atoms with Gasteiger partial charge in [0.05, 0.1) is 28.0 Å². The third-order valence-corrected chi connectivity index (χ3v) is 9.43. The van der Waals surface area contributed by atoms with Crippen molar-refractivity contribution in [2.45, 2.75) is 33.0 Å². The lowest BCUT2D eigenvalue weighted by atomic mass is 9.83. The van der Waals surface area contributed by atoms with Crippen molar-refractivity contribution in [2.24, 2.45) is 0 Å². The van der Waals surface area contributed by atoms with Crippen LogP contribution in [-0.4, -0.2) is 19.6 Å². The Hall–Kier alpha value is -6.26. The molecule has 0 fully saturated rings. The van der Waals surface area contributed by atoms with Crippen LogP contribution >= 0.6 is 0 Å². The number of aryl methyl sites for hydroxylation is 1. The molecule has 4 heteroatoms. The van der Waals surface area contributed by atoms with Gasteiger partial charge in [-0.2, -0.15) is 0 Å². The molecule has 0 aliphatic heterocycles. The summed E-state index contributed by atoms with van der Waals surface area (Å²) in [6, 6.07) is 49.5. The van der Waals surface area contributed by atoms with Crippen molar-refractivity contribution in [3.63, 3.8) is 0 Å². The van der Waals surface area contributed by atoms with Gasteiger partial charge < -0.3 is 5.11 Å². The molecule has 0 amide bonds. The molecule has 2 heterocycles. The molecule has 0 radical (unpaired) electrons. The molecule has 0 unspecified atom stereocenters. The minimum Gasteiger partial charge on any atom is -0.507 e. The van der Waals surface area contributed by atoms with Crippen LogP contribution in [0, 0.1) is 6.85 Å². The van der Waals surface area contributed by atoms with E-state index in [4.69, 9.17) is 14.1 Å². The highest BCUT2D eigenvalue weighted by molar-refractivity contribution is 5.97. The number of aromatic nitrogens is 3. The van der Waals surface area contributed by atoms with Gasteiger partial charge in [-0.05, 0) is 94.7 Å². The fourth-order valence-corrected chi connectivity index (χ4v) is 6.76. The van der Waals surface area contributed by atoms with E-state index >= 15 is 0 Å². The van der Waals surface area contributed by atoms with Crippen molar-refractivity contribution in [3.8, 4) is 67.5 Å². The van der Waals surface area contributed by atoms with Gasteiger partial charge in [-0.25, -0.2) is 4.98 Å². The average Bonchev–Trinajstić information content (AvgIpc) is 3.57. The van der Waals surface area contributed by atoms with Crippen LogP contribution in [0.5, 0.6) is 5.75 Å². The lowest BCUT2D eigenvalue weighted by molar-refractivity contribution is 0.477. The molecule has 0 saturated carbocycles. The number of hydrogen-bond acceptors (Lipinski definition) is 3. The molecule has 8 aromatic rings. The van der Waals surface area contributed by atoms with Crippen molar-refractivity contribution in [2.75, 3.05) is 0 Å². The van der Waals surface area contributed by atoms with E-state index in [0.717, 1.165) is 66.9 Å². The largest absolute Gasteiger partial charge is 0.507 e. The highest BCUT2D eigenvalue weighted by Gasteiger charge is 2.23. The van der Waals surface area contributed by atoms with Gasteiger partial charge in [0.1, 0.15) is 11.6 Å². The first-order valence-electron chi connectivity index (χ1n) is 18.6. The summed E-state index contributed by atoms with van der Waals surface area (Å²) in [4.78, 5) is 10.2. The predicted molar refractivity (Wildman–Crippen MR) is 211 cm³/mol. The Balaban J connectivity index is 1.40. The summed E-state index contributed by atoms with van der Waals surface area (Å²) in [5, 5.41) is 11.2. The van der Waals surface area contributed by atoms with Gasteiger partial charge in [0.15, 0.2) is 0 Å². The Morgan fingerprint density at radius 1 is 0.588 bits per heavy atom. The van der Waals surface area contributed by atoms with E-state index in [0.29, 0.717) is 11.4 Å². The number of hydrogen-bond donors (Lipinski definition) is 1. The fraction of sp³-hybridized carbons (Fsp3) is 0.106. The molecule has 2 aromatic heterocycles. The van der Waals surface area contributed by atoms with Crippen molar-refractivity contribution in [1.82, 2.24) is 14.5 Å². The van der Waals surface area contributed by atoms with Crippen LogP contribution in [0.4, 0.5) is 0 Å². The number of para-hydroxylation sites is 2. The predicted octanol–water partition coefficient (Wildman–Crippen LogP) is 12.1. The Morgan fingerprint density at radius 3 is 2.04 bits per heavy atom. The van der Waals surface area contributed by atoms with Crippen molar-refractivity contribution >= 4 is 11.0 Å². The van der Waals surface area contributed by atoms with E-state index in [1.54, 1.807) is 24.3 Å². The summed E-state index contributed by atoms with van der Waals surface area (Å²) >= 11 is 0. The number of rotatable bonds is 6. The van der Waals surface area contributed by atoms with Gasteiger partial charge in [-0.3, -0.25) is 9.55 Å². The summed E-state index contributed by atoms with van der Waals surface area (Å²) in [5.74, 6) is 0.635. The summed E-state index contributed by atoms with van der Waals surface area (Å²) in [6.07, 6.45) is 1.87. The fourth-order valence-electron chi connectivity index (χ4n) is 6.76. The first-order chi connectivity index (χ1) is 26.0. The number of fused-ring (bicyclic) bond motifs is 1. The van der Waals surface area contributed by atoms with Crippen LogP contribution in [-0.2, 0) is 5.41 Å². The van der Waals surface area contributed by atoms with Crippen LogP contribution < -0.4 is 0 Å². The summed E-state index contributed by atoms with van der Waals surface area (Å²) < 4.78 is 26.7. The van der Waals surface area contributed by atoms with E-state index in [-0.39, 0.29) is 16.7 Å². The zero-order chi connectivity index (χ0) is 37.6. The van der Waals surface area contributed by atoms with Crippen molar-refractivity contribution < 1.29 is 9.22 Å². The van der Waals surface area contributed by atoms with Crippen molar-refractivity contribution in [3.05, 3.63) is 169 Å². The molecule has 51 heavy (non-hydrogen) atoms. The summed E-state index contributed by atoms with van der Waals surface area (Å²) in [6.45, 7) is 4.34. The number of phenolic OH excluding ortho intramolecular Hbond substituents is 1. The second kappa shape index (κ2) is 12.9. The average molecular weight is 665 g/mol. The van der Waals surface area contributed by atoms with Crippen LogP contribution in [0.25, 0.3) is 72.7 Å². The minimum absolute atomic E-state index is 0.0948. The SMILES string of the molecule is [2H]C([2H])([2H])c1ccc(-n2c(-c3ccccc3O)nc3c(-c4cc(-c5cc(-c6ccccc6)ccn5)cc(C(C)(C)C)c4)cccc32)c(-c2ccccc2)c1. The van der Waals surface area contributed by atoms with E-state index in [9.17, 15) is 5.11 Å². The van der Waals surface area contributed by atoms with Gasteiger partial charge in [-0.15, -0.1) is 0 Å². The second-order valence-corrected chi connectivity index (χ2v) is 13.9. The second-order valence-electron chi connectivity index (χ2n) is 13.9. The highest BCUT2D eigenvalue weighted by atomic mass is 16.3. The summed E-state index contributed by atoms with van der Waals surface area (Å²) in [5.41, 5.74) is 11.7. The van der Waals surface area contributed by atoms with Crippen LogP contribution in [0.3, 0.4) is 0 Å². The molecule has 0 spiro atoms. The zero-order valence-electron chi connectivity index (χ0n) is 31.8. The molecule has 248 valence electrons. The number of aromatic hydroxyl groups is 1. The first kappa shape index (κ1) is 28.6. The topological polar surface area (TPSA) is 50.9 Å². The monoisotopic (exact) mass is 664 g/mol. The van der Waals surface area contributed by atoms with Crippen LogP contribution in [0.1, 0.15) is 36.0 Å². The number of phenols is 1. The molecular formula is C47H39N3O. The van der Waals surface area contributed by atoms with E-state index in [1.165, 1.54) is 0 Å². The van der Waals surface area contributed by atoms with E-state index in [2.05, 4.69) is 63.2 Å². The van der Waals surface area contributed by atoms with E-state index < -0.39 is 6.85 Å². The van der Waals surface area contributed by atoms with Gasteiger partial charge >= 0.3 is 0 Å². The van der Waals surface area contributed by atoms with E-state index in [1.807, 2.05) is 95.7 Å². The third-order valence-electron chi connectivity index (χ3n) is 9.43. The lowest BCUT2D eigenvalue weighted by Crippen LogP contribution is -2.11. The molecule has 0 aliphatic carbocycles. The Labute approximate surface area is 303 Å². The zero-order valence-corrected chi connectivity index (χ0v) is 28.8. The van der Waals surface area contributed by atoms with Gasteiger partial charge in [0.2, 0.25) is 0 Å². The van der Waals surface area contributed by atoms with Gasteiger partial charge in [-0.1, -0.05) is 123 Å². The number of nitrogens with zero attached hydrogens (tertiary/aromatic N) is 3. The molecule has 0 aliphatic rings. The number of benzene rings is 6. The molecule has 0 saturated heterocycles. The van der Waals surface area contributed by atoms with Gasteiger partial charge in [0.25, 0.3) is 0 Å².